The summed E-state index contributed by atoms with van der Waals surface area (Å²) >= 11 is 0. The highest BCUT2D eigenvalue weighted by atomic mass is 31.2. The van der Waals surface area contributed by atoms with Gasteiger partial charge in [0.05, 0.1) is 26.4 Å². The molecule has 0 saturated carbocycles. The molecule has 0 aromatic rings. The van der Waals surface area contributed by atoms with E-state index in [9.17, 15) is 43.2 Å². The largest absolute Gasteiger partial charge is 0.472 e. The quantitative estimate of drug-likeness (QED) is 0.0222. The van der Waals surface area contributed by atoms with Crippen LogP contribution in [0.3, 0.4) is 0 Å². The second-order valence-electron chi connectivity index (χ2n) is 25.3. The number of aliphatic hydroxyl groups is 1. The van der Waals surface area contributed by atoms with Gasteiger partial charge in [-0.05, 0) is 25.7 Å². The third kappa shape index (κ3) is 64.6. The first-order chi connectivity index (χ1) is 43.2. The molecule has 0 aromatic heterocycles. The van der Waals surface area contributed by atoms with E-state index >= 15 is 0 Å². The molecule has 0 heterocycles. The number of hydrogen-bond donors (Lipinski definition) is 3. The van der Waals surface area contributed by atoms with Crippen molar-refractivity contribution in [3.63, 3.8) is 0 Å². The molecular weight excluding hydrogens is 1170 g/mol. The summed E-state index contributed by atoms with van der Waals surface area (Å²) in [7, 11) is -9.90. The standard InChI is InChI=1S/C70H136O17P2/c1-5-9-13-17-21-25-29-32-35-39-43-47-51-55-68(73)81-61-66(87-70(75)57-53-49-45-41-37-34-31-27-23-19-15-11-7-3)63-85-89(78,79)83-59-64(71)58-82-88(76,77)84-62-65(60-80-67(72)54-50-46-42-38-28-24-20-16-12-8-4)86-69(74)56-52-48-44-40-36-33-30-26-22-18-14-10-6-2/h64-66,71H,5-63H2,1-4H3,(H,76,77)(H,78,79)/t64-,65+,66+/m0/s1. The van der Waals surface area contributed by atoms with Crippen LogP contribution in [0.25, 0.3) is 0 Å². The molecule has 89 heavy (non-hydrogen) atoms. The van der Waals surface area contributed by atoms with Gasteiger partial charge >= 0.3 is 39.5 Å². The molecule has 0 saturated heterocycles. The minimum atomic E-state index is -4.95. The number of phosphoric acid groups is 2. The van der Waals surface area contributed by atoms with Gasteiger partial charge in [0.15, 0.2) is 12.2 Å². The molecule has 0 aliphatic rings. The third-order valence-corrected chi connectivity index (χ3v) is 18.3. The Bertz CT molecular complexity index is 1710. The predicted octanol–water partition coefficient (Wildman–Crippen LogP) is 20.3. The smallest absolute Gasteiger partial charge is 0.462 e. The van der Waals surface area contributed by atoms with Crippen LogP contribution in [-0.2, 0) is 65.4 Å². The van der Waals surface area contributed by atoms with Crippen molar-refractivity contribution < 1.29 is 80.2 Å². The van der Waals surface area contributed by atoms with Crippen molar-refractivity contribution >= 4 is 39.5 Å². The summed E-state index contributed by atoms with van der Waals surface area (Å²) in [5.74, 6) is -2.12. The summed E-state index contributed by atoms with van der Waals surface area (Å²) in [6.45, 7) is 4.95. The minimum absolute atomic E-state index is 0.108. The van der Waals surface area contributed by atoms with Crippen LogP contribution in [-0.4, -0.2) is 96.7 Å². The molecule has 3 N–H and O–H groups in total. The second-order valence-corrected chi connectivity index (χ2v) is 28.2. The number of esters is 4. The fourth-order valence-corrected chi connectivity index (χ4v) is 12.3. The SMILES string of the molecule is CCCCCCCCCCCCCCCC(=O)OC[C@H](COP(=O)(O)OC[C@@H](O)COP(=O)(O)OC[C@@H](COC(=O)CCCCCCCCCCCC)OC(=O)CCCCCCCCCCCCCCC)OC(=O)CCCCCCCCCCCCCCC. The maximum atomic E-state index is 13.0. The zero-order valence-corrected chi connectivity index (χ0v) is 59.2. The topological polar surface area (TPSA) is 237 Å². The van der Waals surface area contributed by atoms with E-state index < -0.39 is 97.5 Å². The maximum Gasteiger partial charge on any atom is 0.472 e. The minimum Gasteiger partial charge on any atom is -0.462 e. The van der Waals surface area contributed by atoms with Crippen LogP contribution in [0.1, 0.15) is 368 Å². The lowest BCUT2D eigenvalue weighted by Crippen LogP contribution is -2.30. The summed E-state index contributed by atoms with van der Waals surface area (Å²) in [5.41, 5.74) is 0. The van der Waals surface area contributed by atoms with Crippen molar-refractivity contribution in [2.45, 2.75) is 386 Å². The Hall–Kier alpha value is -1.94. The zero-order valence-electron chi connectivity index (χ0n) is 57.4. The van der Waals surface area contributed by atoms with E-state index in [-0.39, 0.29) is 25.7 Å². The van der Waals surface area contributed by atoms with Crippen LogP contribution in [0.2, 0.25) is 0 Å². The van der Waals surface area contributed by atoms with E-state index in [1.807, 2.05) is 0 Å². The molecule has 5 atom stereocenters. The van der Waals surface area contributed by atoms with Gasteiger partial charge in [-0.15, -0.1) is 0 Å². The van der Waals surface area contributed by atoms with E-state index in [1.165, 1.54) is 199 Å². The van der Waals surface area contributed by atoms with Gasteiger partial charge in [0.25, 0.3) is 0 Å². The van der Waals surface area contributed by atoms with Gasteiger partial charge < -0.3 is 33.8 Å². The highest BCUT2D eigenvalue weighted by Crippen LogP contribution is 2.45. The molecule has 0 spiro atoms. The van der Waals surface area contributed by atoms with E-state index in [1.54, 1.807) is 0 Å². The molecule has 17 nitrogen and oxygen atoms in total. The fraction of sp³-hybridized carbons (Fsp3) is 0.943. The van der Waals surface area contributed by atoms with Crippen molar-refractivity contribution in [3.8, 4) is 0 Å². The first-order valence-electron chi connectivity index (χ1n) is 36.8. The normalized spacial score (nSPS) is 14.0. The van der Waals surface area contributed by atoms with E-state index in [4.69, 9.17) is 37.0 Å². The Kier molecular flexibility index (Phi) is 63.3. The van der Waals surface area contributed by atoms with E-state index in [0.29, 0.717) is 25.7 Å². The van der Waals surface area contributed by atoms with Crippen molar-refractivity contribution in [1.29, 1.82) is 0 Å². The first-order valence-corrected chi connectivity index (χ1v) is 39.8. The molecule has 0 aliphatic carbocycles. The van der Waals surface area contributed by atoms with E-state index in [2.05, 4.69) is 27.7 Å². The Morgan fingerprint density at radius 3 is 0.663 bits per heavy atom. The van der Waals surface area contributed by atoms with E-state index in [0.717, 1.165) is 89.9 Å². The molecule has 0 radical (unpaired) electrons. The number of phosphoric ester groups is 2. The van der Waals surface area contributed by atoms with Crippen LogP contribution in [0, 0.1) is 0 Å². The Balaban J connectivity index is 5.24. The molecule has 0 aliphatic heterocycles. The number of carbonyl (C=O) groups excluding carboxylic acids is 4. The van der Waals surface area contributed by atoms with Crippen LogP contribution >= 0.6 is 15.6 Å². The van der Waals surface area contributed by atoms with Gasteiger partial charge in [-0.25, -0.2) is 9.13 Å². The van der Waals surface area contributed by atoms with Gasteiger partial charge in [-0.1, -0.05) is 317 Å². The number of rotatable bonds is 71. The molecular formula is C70H136O17P2. The monoisotopic (exact) mass is 1310 g/mol. The van der Waals surface area contributed by atoms with Crippen molar-refractivity contribution in [2.75, 3.05) is 39.6 Å². The lowest BCUT2D eigenvalue weighted by Gasteiger charge is -2.21. The maximum absolute atomic E-state index is 13.0. The average Bonchev–Trinajstić information content (AvgIpc) is 3.73. The molecule has 2 unspecified atom stereocenters. The Labute approximate surface area is 543 Å². The van der Waals surface area contributed by atoms with Crippen molar-refractivity contribution in [2.24, 2.45) is 0 Å². The summed E-state index contributed by atoms with van der Waals surface area (Å²) in [6.07, 6.45) is 52.4. The van der Waals surface area contributed by atoms with Crippen LogP contribution in [0.4, 0.5) is 0 Å². The Morgan fingerprint density at radius 1 is 0.270 bits per heavy atom. The Morgan fingerprint density at radius 2 is 0.449 bits per heavy atom. The van der Waals surface area contributed by atoms with Crippen LogP contribution in [0.15, 0.2) is 0 Å². The number of aliphatic hydroxyl groups excluding tert-OH is 1. The van der Waals surface area contributed by atoms with Crippen molar-refractivity contribution in [3.05, 3.63) is 0 Å². The highest BCUT2D eigenvalue weighted by Gasteiger charge is 2.30. The van der Waals surface area contributed by atoms with Gasteiger partial charge in [0.1, 0.15) is 19.3 Å². The lowest BCUT2D eigenvalue weighted by atomic mass is 10.0. The highest BCUT2D eigenvalue weighted by molar-refractivity contribution is 7.47. The van der Waals surface area contributed by atoms with Crippen LogP contribution < -0.4 is 0 Å². The summed E-state index contributed by atoms with van der Waals surface area (Å²) in [4.78, 5) is 72.5. The summed E-state index contributed by atoms with van der Waals surface area (Å²) in [5, 5.41) is 10.6. The number of hydrogen-bond acceptors (Lipinski definition) is 15. The van der Waals surface area contributed by atoms with Crippen molar-refractivity contribution in [1.82, 2.24) is 0 Å². The van der Waals surface area contributed by atoms with Gasteiger partial charge in [-0.3, -0.25) is 37.3 Å². The molecule has 0 fully saturated rings. The number of ether oxygens (including phenoxy) is 4. The lowest BCUT2D eigenvalue weighted by molar-refractivity contribution is -0.161. The average molecular weight is 1310 g/mol. The predicted molar refractivity (Wildman–Crippen MR) is 359 cm³/mol. The number of carbonyl (C=O) groups is 4. The molecule has 0 aromatic carbocycles. The molecule has 0 amide bonds. The third-order valence-electron chi connectivity index (χ3n) is 16.4. The first kappa shape index (κ1) is 87.1. The van der Waals surface area contributed by atoms with Gasteiger partial charge in [0.2, 0.25) is 0 Å². The molecule has 0 rings (SSSR count). The zero-order chi connectivity index (χ0) is 65.4. The van der Waals surface area contributed by atoms with Gasteiger partial charge in [0, 0.05) is 25.7 Å². The number of unbranched alkanes of at least 4 members (excludes halogenated alkanes) is 45. The summed E-state index contributed by atoms with van der Waals surface area (Å²) in [6, 6.07) is 0. The fourth-order valence-electron chi connectivity index (χ4n) is 10.7. The van der Waals surface area contributed by atoms with Crippen LogP contribution in [0.5, 0.6) is 0 Å². The molecule has 19 heteroatoms. The summed E-state index contributed by atoms with van der Waals surface area (Å²) < 4.78 is 68.3. The molecule has 0 bridgehead atoms. The molecule has 528 valence electrons. The van der Waals surface area contributed by atoms with Gasteiger partial charge in [-0.2, -0.15) is 0 Å². The second kappa shape index (κ2) is 64.8.